The molecule has 1 heterocycles. The monoisotopic (exact) mass is 294 g/mol. The molecule has 2 aliphatic rings. The standard InChI is InChI=1S/C14H22N4OS/c15-12-11(20-14(18-12)17-10-7-8-10)13(19)16-9-5-3-1-2-4-6-9/h9-10H,1-8,15H2,(H,16,19)(H,17,18). The zero-order chi connectivity index (χ0) is 13.9. The highest BCUT2D eigenvalue weighted by Gasteiger charge is 2.25. The molecule has 2 saturated carbocycles. The van der Waals surface area contributed by atoms with Gasteiger partial charge in [-0.1, -0.05) is 37.0 Å². The molecule has 1 amide bonds. The zero-order valence-electron chi connectivity index (χ0n) is 11.7. The summed E-state index contributed by atoms with van der Waals surface area (Å²) >= 11 is 1.37. The maximum absolute atomic E-state index is 12.3. The first kappa shape index (κ1) is 13.7. The second-order valence-electron chi connectivity index (χ2n) is 5.81. The number of rotatable bonds is 4. The Labute approximate surface area is 123 Å². The number of aromatic nitrogens is 1. The first-order valence-electron chi connectivity index (χ1n) is 7.56. The Morgan fingerprint density at radius 1 is 1.10 bits per heavy atom. The van der Waals surface area contributed by atoms with Gasteiger partial charge in [-0.15, -0.1) is 0 Å². The van der Waals surface area contributed by atoms with E-state index >= 15 is 0 Å². The first-order valence-corrected chi connectivity index (χ1v) is 8.38. The number of thiazole rings is 1. The maximum Gasteiger partial charge on any atom is 0.265 e. The van der Waals surface area contributed by atoms with Crippen LogP contribution in [0.4, 0.5) is 10.9 Å². The summed E-state index contributed by atoms with van der Waals surface area (Å²) in [6.07, 6.45) is 9.51. The second kappa shape index (κ2) is 5.99. The van der Waals surface area contributed by atoms with Gasteiger partial charge in [0.05, 0.1) is 0 Å². The molecule has 3 rings (SSSR count). The van der Waals surface area contributed by atoms with Crippen molar-refractivity contribution in [2.45, 2.75) is 63.5 Å². The molecule has 0 radical (unpaired) electrons. The van der Waals surface area contributed by atoms with E-state index in [9.17, 15) is 4.79 Å². The molecular weight excluding hydrogens is 272 g/mol. The van der Waals surface area contributed by atoms with E-state index in [1.165, 1.54) is 49.9 Å². The fourth-order valence-electron chi connectivity index (χ4n) is 2.63. The molecule has 1 aromatic heterocycles. The number of nitrogens with one attached hydrogen (secondary N) is 2. The Bertz CT molecular complexity index is 476. The Hall–Kier alpha value is -1.30. The normalized spacial score (nSPS) is 20.4. The smallest absolute Gasteiger partial charge is 0.265 e. The van der Waals surface area contributed by atoms with Crippen molar-refractivity contribution in [2.75, 3.05) is 11.1 Å². The Kier molecular flexibility index (Phi) is 4.10. The molecule has 4 N–H and O–H groups in total. The number of hydrogen-bond acceptors (Lipinski definition) is 5. The van der Waals surface area contributed by atoms with Crippen molar-refractivity contribution in [3.05, 3.63) is 4.88 Å². The molecule has 2 fully saturated rings. The summed E-state index contributed by atoms with van der Waals surface area (Å²) in [5.74, 6) is 0.292. The maximum atomic E-state index is 12.3. The number of carbonyl (C=O) groups is 1. The molecule has 0 saturated heterocycles. The van der Waals surface area contributed by atoms with Crippen LogP contribution in [0.3, 0.4) is 0 Å². The van der Waals surface area contributed by atoms with Gasteiger partial charge in [-0.3, -0.25) is 4.79 Å². The molecule has 110 valence electrons. The summed E-state index contributed by atoms with van der Waals surface area (Å²) in [4.78, 5) is 17.1. The zero-order valence-corrected chi connectivity index (χ0v) is 12.5. The van der Waals surface area contributed by atoms with Crippen LogP contribution in [-0.4, -0.2) is 23.0 Å². The van der Waals surface area contributed by atoms with Crippen molar-refractivity contribution in [1.82, 2.24) is 10.3 Å². The van der Waals surface area contributed by atoms with E-state index in [-0.39, 0.29) is 5.91 Å². The van der Waals surface area contributed by atoms with Gasteiger partial charge < -0.3 is 16.4 Å². The lowest BCUT2D eigenvalue weighted by atomic mass is 10.1. The van der Waals surface area contributed by atoms with Crippen molar-refractivity contribution < 1.29 is 4.79 Å². The van der Waals surface area contributed by atoms with Crippen molar-refractivity contribution in [3.8, 4) is 0 Å². The number of anilines is 2. The number of nitrogens with two attached hydrogens (primary N) is 1. The van der Waals surface area contributed by atoms with Crippen LogP contribution < -0.4 is 16.4 Å². The molecule has 0 atom stereocenters. The molecule has 5 nitrogen and oxygen atoms in total. The quantitative estimate of drug-likeness (QED) is 0.746. The average Bonchev–Trinajstić information content (AvgIpc) is 3.18. The molecule has 1 aromatic rings. The van der Waals surface area contributed by atoms with E-state index in [2.05, 4.69) is 15.6 Å². The van der Waals surface area contributed by atoms with E-state index in [4.69, 9.17) is 5.73 Å². The van der Waals surface area contributed by atoms with Crippen LogP contribution in [0.2, 0.25) is 0 Å². The van der Waals surface area contributed by atoms with Crippen LogP contribution in [-0.2, 0) is 0 Å². The Morgan fingerprint density at radius 3 is 2.45 bits per heavy atom. The SMILES string of the molecule is Nc1nc(NC2CC2)sc1C(=O)NC1CCCCCC1. The molecule has 0 unspecified atom stereocenters. The highest BCUT2D eigenvalue weighted by Crippen LogP contribution is 2.30. The van der Waals surface area contributed by atoms with E-state index in [1.807, 2.05) is 0 Å². The Morgan fingerprint density at radius 2 is 1.80 bits per heavy atom. The van der Waals surface area contributed by atoms with Crippen LogP contribution in [0.1, 0.15) is 61.0 Å². The van der Waals surface area contributed by atoms with E-state index in [0.29, 0.717) is 22.8 Å². The predicted molar refractivity (Wildman–Crippen MR) is 82.1 cm³/mol. The van der Waals surface area contributed by atoms with Gasteiger partial charge >= 0.3 is 0 Å². The van der Waals surface area contributed by atoms with Crippen LogP contribution in [0.5, 0.6) is 0 Å². The second-order valence-corrected chi connectivity index (χ2v) is 6.81. The minimum absolute atomic E-state index is 0.0595. The largest absolute Gasteiger partial charge is 0.382 e. The third-order valence-corrected chi connectivity index (χ3v) is 4.96. The summed E-state index contributed by atoms with van der Waals surface area (Å²) in [5.41, 5.74) is 5.87. The van der Waals surface area contributed by atoms with Gasteiger partial charge in [-0.2, -0.15) is 0 Å². The highest BCUT2D eigenvalue weighted by atomic mass is 32.1. The van der Waals surface area contributed by atoms with Crippen molar-refractivity contribution in [3.63, 3.8) is 0 Å². The average molecular weight is 294 g/mol. The summed E-state index contributed by atoms with van der Waals surface area (Å²) in [6.45, 7) is 0. The Balaban J connectivity index is 1.61. The minimum Gasteiger partial charge on any atom is -0.382 e. The van der Waals surface area contributed by atoms with E-state index in [1.54, 1.807) is 0 Å². The van der Waals surface area contributed by atoms with Gasteiger partial charge in [0, 0.05) is 12.1 Å². The third-order valence-electron chi connectivity index (χ3n) is 3.95. The molecule has 0 spiro atoms. The topological polar surface area (TPSA) is 80.0 Å². The van der Waals surface area contributed by atoms with Crippen LogP contribution in [0.15, 0.2) is 0 Å². The van der Waals surface area contributed by atoms with Crippen LogP contribution in [0.25, 0.3) is 0 Å². The van der Waals surface area contributed by atoms with Gasteiger partial charge in [0.1, 0.15) is 10.7 Å². The number of nitrogen functional groups attached to an aromatic ring is 1. The summed E-state index contributed by atoms with van der Waals surface area (Å²) in [6, 6.07) is 0.824. The molecule has 0 aliphatic heterocycles. The lowest BCUT2D eigenvalue weighted by molar-refractivity contribution is 0.0938. The van der Waals surface area contributed by atoms with Crippen LogP contribution >= 0.6 is 11.3 Å². The minimum atomic E-state index is -0.0595. The van der Waals surface area contributed by atoms with Gasteiger partial charge in [0.2, 0.25) is 0 Å². The summed E-state index contributed by atoms with van der Waals surface area (Å²) < 4.78 is 0. The lowest BCUT2D eigenvalue weighted by Crippen LogP contribution is -2.34. The predicted octanol–water partition coefficient (Wildman–Crippen LogP) is 2.75. The molecule has 2 aliphatic carbocycles. The van der Waals surface area contributed by atoms with E-state index < -0.39 is 0 Å². The molecule has 20 heavy (non-hydrogen) atoms. The van der Waals surface area contributed by atoms with Crippen molar-refractivity contribution in [2.24, 2.45) is 0 Å². The molecular formula is C14H22N4OS. The van der Waals surface area contributed by atoms with Crippen LogP contribution in [0, 0.1) is 0 Å². The lowest BCUT2D eigenvalue weighted by Gasteiger charge is -2.15. The first-order chi connectivity index (χ1) is 9.72. The van der Waals surface area contributed by atoms with Gasteiger partial charge in [0.15, 0.2) is 5.13 Å². The van der Waals surface area contributed by atoms with E-state index in [0.717, 1.165) is 18.0 Å². The highest BCUT2D eigenvalue weighted by molar-refractivity contribution is 7.18. The molecule has 0 bridgehead atoms. The third kappa shape index (κ3) is 3.42. The number of hydrogen-bond donors (Lipinski definition) is 3. The van der Waals surface area contributed by atoms with Gasteiger partial charge in [-0.25, -0.2) is 4.98 Å². The van der Waals surface area contributed by atoms with Gasteiger partial charge in [0.25, 0.3) is 5.91 Å². The van der Waals surface area contributed by atoms with Crippen molar-refractivity contribution >= 4 is 28.2 Å². The van der Waals surface area contributed by atoms with Crippen molar-refractivity contribution in [1.29, 1.82) is 0 Å². The molecule has 0 aromatic carbocycles. The fraction of sp³-hybridized carbons (Fsp3) is 0.714. The summed E-state index contributed by atoms with van der Waals surface area (Å²) in [7, 11) is 0. The number of amides is 1. The van der Waals surface area contributed by atoms with Gasteiger partial charge in [-0.05, 0) is 25.7 Å². The summed E-state index contributed by atoms with van der Waals surface area (Å²) in [5, 5.41) is 7.19. The fourth-order valence-corrected chi connectivity index (χ4v) is 3.50. The number of carbonyl (C=O) groups excluding carboxylic acids is 1. The number of nitrogens with zero attached hydrogens (tertiary/aromatic N) is 1. The molecule has 6 heteroatoms.